The van der Waals surface area contributed by atoms with Crippen molar-refractivity contribution in [3.63, 3.8) is 0 Å². The monoisotopic (exact) mass is 507 g/mol. The fraction of sp³-hybridized carbons (Fsp3) is 0.391. The number of furan rings is 1. The van der Waals surface area contributed by atoms with Crippen LogP contribution in [0.4, 0.5) is 0 Å². The molecule has 1 atom stereocenters. The smallest absolute Gasteiger partial charge is 0.283 e. The second-order valence-corrected chi connectivity index (χ2v) is 10.3. The summed E-state index contributed by atoms with van der Waals surface area (Å²) in [6.07, 6.45) is 1.44. The third kappa shape index (κ3) is 5.05. The second kappa shape index (κ2) is 9.64. The Kier molecular flexibility index (Phi) is 6.62. The number of aliphatic hydroxyl groups is 1. The molecule has 1 fully saturated rings. The molecular formula is C23H23Cl2N3O4S. The van der Waals surface area contributed by atoms with Gasteiger partial charge in [-0.1, -0.05) is 29.3 Å². The number of hydrogen-bond acceptors (Lipinski definition) is 8. The fourth-order valence-corrected chi connectivity index (χ4v) is 5.73. The van der Waals surface area contributed by atoms with E-state index in [1.165, 1.54) is 4.88 Å². The van der Waals surface area contributed by atoms with Crippen molar-refractivity contribution in [2.75, 3.05) is 26.2 Å². The highest BCUT2D eigenvalue weighted by Crippen LogP contribution is 2.39. The Morgan fingerprint density at radius 1 is 1.21 bits per heavy atom. The van der Waals surface area contributed by atoms with E-state index < -0.39 is 6.10 Å². The summed E-state index contributed by atoms with van der Waals surface area (Å²) < 4.78 is 17.9. The first-order valence-electron chi connectivity index (χ1n) is 10.8. The number of aliphatic hydroxyl groups excluding tert-OH is 1. The van der Waals surface area contributed by atoms with Crippen molar-refractivity contribution in [2.24, 2.45) is 0 Å². The molecule has 0 radical (unpaired) electrons. The van der Waals surface area contributed by atoms with Gasteiger partial charge in [0.25, 0.3) is 5.89 Å². The highest BCUT2D eigenvalue weighted by molar-refractivity contribution is 7.17. The molecule has 3 aromatic heterocycles. The van der Waals surface area contributed by atoms with E-state index in [1.54, 1.807) is 18.3 Å². The molecule has 4 aromatic rings. The molecule has 1 aliphatic heterocycles. The normalized spacial score (nSPS) is 16.5. The number of piperidine rings is 1. The van der Waals surface area contributed by atoms with Crippen molar-refractivity contribution < 1.29 is 18.7 Å². The van der Waals surface area contributed by atoms with Gasteiger partial charge in [-0.25, -0.2) is 0 Å². The van der Waals surface area contributed by atoms with Crippen molar-refractivity contribution in [3.05, 3.63) is 50.5 Å². The maximum atomic E-state index is 10.6. The average Bonchev–Trinajstić information content (AvgIpc) is 3.51. The molecule has 0 aliphatic carbocycles. The Morgan fingerprint density at radius 2 is 2.03 bits per heavy atom. The molecule has 1 N–H and O–H groups in total. The summed E-state index contributed by atoms with van der Waals surface area (Å²) in [4.78, 5) is 3.52. The molecule has 1 aliphatic rings. The number of thiophene rings is 1. The van der Waals surface area contributed by atoms with E-state index in [-0.39, 0.29) is 6.61 Å². The average molecular weight is 508 g/mol. The van der Waals surface area contributed by atoms with Gasteiger partial charge in [-0.3, -0.25) is 0 Å². The van der Waals surface area contributed by atoms with Gasteiger partial charge in [-0.15, -0.1) is 21.5 Å². The molecule has 0 bridgehead atoms. The molecule has 7 nitrogen and oxygen atoms in total. The fourth-order valence-electron chi connectivity index (χ4n) is 4.16. The third-order valence-electron chi connectivity index (χ3n) is 5.81. The van der Waals surface area contributed by atoms with Crippen LogP contribution in [0.1, 0.15) is 29.5 Å². The summed E-state index contributed by atoms with van der Waals surface area (Å²) in [5.41, 5.74) is 0.656. The number of halogens is 2. The van der Waals surface area contributed by atoms with Crippen LogP contribution in [0.3, 0.4) is 0 Å². The number of nitrogens with zero attached hydrogens (tertiary/aromatic N) is 3. The highest BCUT2D eigenvalue weighted by atomic mass is 35.5. The van der Waals surface area contributed by atoms with Crippen LogP contribution in [0.25, 0.3) is 22.6 Å². The standard InChI is InChI=1S/C23H23Cl2N3O4S/c1-13-26-27-23(31-13)20-9-16-18(3-2-4-19(16)32-20)30-12-15(29)11-28-7-5-14(6-8-28)21-10-17(24)22(25)33-21/h2-4,9-10,14-15,29H,5-8,11-12H2,1H3/t15-/m0/s1. The minimum Gasteiger partial charge on any atom is -0.490 e. The van der Waals surface area contributed by atoms with Gasteiger partial charge in [0, 0.05) is 24.4 Å². The minimum atomic E-state index is -0.604. The summed E-state index contributed by atoms with van der Waals surface area (Å²) in [7, 11) is 0. The second-order valence-electron chi connectivity index (χ2n) is 8.21. The van der Waals surface area contributed by atoms with Crippen LogP contribution in [0.15, 0.2) is 39.2 Å². The lowest BCUT2D eigenvalue weighted by Crippen LogP contribution is -2.40. The molecule has 10 heteroatoms. The van der Waals surface area contributed by atoms with Gasteiger partial charge >= 0.3 is 0 Å². The van der Waals surface area contributed by atoms with E-state index in [9.17, 15) is 5.11 Å². The molecular weight excluding hydrogens is 485 g/mol. The van der Waals surface area contributed by atoms with Crippen LogP contribution in [0.2, 0.25) is 9.36 Å². The van der Waals surface area contributed by atoms with Crippen molar-refractivity contribution in [1.82, 2.24) is 15.1 Å². The molecule has 33 heavy (non-hydrogen) atoms. The molecule has 4 heterocycles. The first kappa shape index (κ1) is 22.7. The van der Waals surface area contributed by atoms with Crippen molar-refractivity contribution in [3.8, 4) is 17.4 Å². The zero-order valence-corrected chi connectivity index (χ0v) is 20.3. The Morgan fingerprint density at radius 3 is 2.73 bits per heavy atom. The van der Waals surface area contributed by atoms with Gasteiger partial charge in [0.1, 0.15) is 28.4 Å². The first-order chi connectivity index (χ1) is 16.0. The van der Waals surface area contributed by atoms with E-state index in [4.69, 9.17) is 36.8 Å². The summed E-state index contributed by atoms with van der Waals surface area (Å²) in [6, 6.07) is 9.36. The third-order valence-corrected chi connectivity index (χ3v) is 7.84. The number of ether oxygens (including phenoxy) is 1. The van der Waals surface area contributed by atoms with Crippen LogP contribution in [-0.2, 0) is 0 Å². The maximum Gasteiger partial charge on any atom is 0.283 e. The van der Waals surface area contributed by atoms with Crippen LogP contribution in [0.5, 0.6) is 5.75 Å². The lowest BCUT2D eigenvalue weighted by atomic mass is 9.95. The number of likely N-dealkylation sites (tertiary alicyclic amines) is 1. The molecule has 0 spiro atoms. The quantitative estimate of drug-likeness (QED) is 0.339. The molecule has 5 rings (SSSR count). The molecule has 174 valence electrons. The Labute approximate surface area is 204 Å². The van der Waals surface area contributed by atoms with Crippen molar-refractivity contribution >= 4 is 45.5 Å². The highest BCUT2D eigenvalue weighted by Gasteiger charge is 2.24. The SMILES string of the molecule is Cc1nnc(-c2cc3c(OC[C@@H](O)CN4CCC(c5cc(Cl)c(Cl)s5)CC4)cccc3o2)o1. The maximum absolute atomic E-state index is 10.6. The zero-order valence-electron chi connectivity index (χ0n) is 18.0. The van der Waals surface area contributed by atoms with Crippen LogP contribution in [0, 0.1) is 6.92 Å². The van der Waals surface area contributed by atoms with Crippen molar-refractivity contribution in [1.29, 1.82) is 0 Å². The van der Waals surface area contributed by atoms with E-state index >= 15 is 0 Å². The van der Waals surface area contributed by atoms with Crippen LogP contribution < -0.4 is 4.74 Å². The van der Waals surface area contributed by atoms with Gasteiger partial charge in [-0.05, 0) is 50.0 Å². The van der Waals surface area contributed by atoms with Gasteiger partial charge < -0.3 is 23.6 Å². The van der Waals surface area contributed by atoms with Gasteiger partial charge in [0.2, 0.25) is 5.89 Å². The van der Waals surface area contributed by atoms with Crippen LogP contribution >= 0.6 is 34.5 Å². The predicted molar refractivity (Wildman–Crippen MR) is 128 cm³/mol. The van der Waals surface area contributed by atoms with E-state index in [0.29, 0.717) is 50.7 Å². The molecule has 0 amide bonds. The Hall–Kier alpha value is -2.10. The van der Waals surface area contributed by atoms with Crippen molar-refractivity contribution in [2.45, 2.75) is 31.8 Å². The van der Waals surface area contributed by atoms with Gasteiger partial charge in [-0.2, -0.15) is 0 Å². The summed E-state index contributed by atoms with van der Waals surface area (Å²) in [6.45, 7) is 4.31. The molecule has 1 aromatic carbocycles. The summed E-state index contributed by atoms with van der Waals surface area (Å²) >= 11 is 13.8. The predicted octanol–water partition coefficient (Wildman–Crippen LogP) is 5.78. The summed E-state index contributed by atoms with van der Waals surface area (Å²) in [5.74, 6) is 2.39. The van der Waals surface area contributed by atoms with Gasteiger partial charge in [0.15, 0.2) is 5.76 Å². The lowest BCUT2D eigenvalue weighted by Gasteiger charge is -2.32. The van der Waals surface area contributed by atoms with Gasteiger partial charge in [0.05, 0.1) is 10.4 Å². The zero-order chi connectivity index (χ0) is 22.9. The summed E-state index contributed by atoms with van der Waals surface area (Å²) in [5, 5.41) is 19.9. The van der Waals surface area contributed by atoms with E-state index in [1.807, 2.05) is 30.3 Å². The molecule has 0 unspecified atom stereocenters. The topological polar surface area (TPSA) is 84.8 Å². The lowest BCUT2D eigenvalue weighted by molar-refractivity contribution is 0.0600. The largest absolute Gasteiger partial charge is 0.490 e. The number of aromatic nitrogens is 2. The molecule has 1 saturated heterocycles. The van der Waals surface area contributed by atoms with E-state index in [0.717, 1.165) is 31.3 Å². The number of hydrogen-bond donors (Lipinski definition) is 1. The molecule has 0 saturated carbocycles. The van der Waals surface area contributed by atoms with E-state index in [2.05, 4.69) is 15.1 Å². The Balaban J connectivity index is 1.16. The number of aryl methyl sites for hydroxylation is 1. The number of benzene rings is 1. The minimum absolute atomic E-state index is 0.190. The first-order valence-corrected chi connectivity index (χ1v) is 12.3. The number of fused-ring (bicyclic) bond motifs is 1. The number of β-amino-alcohol motifs (C(OH)–C–C–N with tert-alkyl or cyclic N) is 1. The number of rotatable bonds is 7. The Bertz CT molecular complexity index is 1230. The van der Waals surface area contributed by atoms with Crippen LogP contribution in [-0.4, -0.2) is 52.5 Å².